The van der Waals surface area contributed by atoms with Crippen molar-refractivity contribution in [2.45, 2.75) is 45.1 Å². The first kappa shape index (κ1) is 13.3. The number of aromatic nitrogens is 4. The van der Waals surface area contributed by atoms with Crippen LogP contribution in [0.15, 0.2) is 12.7 Å². The fourth-order valence-electron chi connectivity index (χ4n) is 2.43. The van der Waals surface area contributed by atoms with E-state index in [-0.39, 0.29) is 12.4 Å². The summed E-state index contributed by atoms with van der Waals surface area (Å²) in [5.74, 6) is 0.401. The number of nitrogens with zero attached hydrogens (tertiary/aromatic N) is 4. The van der Waals surface area contributed by atoms with Crippen molar-refractivity contribution in [1.29, 1.82) is 0 Å². The smallest absolute Gasteiger partial charge is 0.165 e. The number of hydrogen-bond donors (Lipinski definition) is 1. The van der Waals surface area contributed by atoms with Crippen LogP contribution in [0.25, 0.3) is 11.2 Å². The molecule has 20 heavy (non-hydrogen) atoms. The van der Waals surface area contributed by atoms with Crippen molar-refractivity contribution in [3.05, 3.63) is 12.7 Å². The highest BCUT2D eigenvalue weighted by Crippen LogP contribution is 2.18. The third-order valence-electron chi connectivity index (χ3n) is 3.41. The van der Waals surface area contributed by atoms with Gasteiger partial charge in [0.1, 0.15) is 11.8 Å². The van der Waals surface area contributed by atoms with Crippen LogP contribution in [0.5, 0.6) is 0 Å². The van der Waals surface area contributed by atoms with E-state index in [4.69, 9.17) is 15.2 Å². The summed E-state index contributed by atoms with van der Waals surface area (Å²) >= 11 is 0. The molecule has 2 aromatic heterocycles. The van der Waals surface area contributed by atoms with Crippen molar-refractivity contribution in [2.75, 3.05) is 12.3 Å². The van der Waals surface area contributed by atoms with Crippen LogP contribution in [0.4, 0.5) is 5.82 Å². The highest BCUT2D eigenvalue weighted by Gasteiger charge is 2.18. The molecule has 108 valence electrons. The van der Waals surface area contributed by atoms with Crippen molar-refractivity contribution < 1.29 is 9.47 Å². The van der Waals surface area contributed by atoms with Crippen LogP contribution >= 0.6 is 0 Å². The zero-order chi connectivity index (χ0) is 13.9. The minimum atomic E-state index is -0.0896. The fraction of sp³-hybridized carbons (Fsp3) is 0.615. The second kappa shape index (κ2) is 5.72. The molecule has 2 N–H and O–H groups in total. The van der Waals surface area contributed by atoms with E-state index in [0.717, 1.165) is 31.5 Å². The van der Waals surface area contributed by atoms with Gasteiger partial charge in [-0.2, -0.15) is 0 Å². The molecule has 3 heterocycles. The van der Waals surface area contributed by atoms with Gasteiger partial charge in [-0.3, -0.25) is 0 Å². The lowest BCUT2D eigenvalue weighted by Gasteiger charge is -2.26. The van der Waals surface area contributed by atoms with Crippen molar-refractivity contribution in [3.8, 4) is 0 Å². The maximum atomic E-state index is 5.90. The molecule has 1 fully saturated rings. The van der Waals surface area contributed by atoms with Gasteiger partial charge < -0.3 is 19.8 Å². The molecule has 0 saturated carbocycles. The predicted octanol–water partition coefficient (Wildman–Crippen LogP) is 1.34. The van der Waals surface area contributed by atoms with Gasteiger partial charge in [0.2, 0.25) is 0 Å². The van der Waals surface area contributed by atoms with Crippen molar-refractivity contribution in [3.63, 3.8) is 0 Å². The Balaban J connectivity index is 1.68. The molecule has 0 aliphatic carbocycles. The SMILES string of the molecule is CC(Cn1cnc2c(N)ncnc21)OC1CCCCO1. The molecule has 0 bridgehead atoms. The van der Waals surface area contributed by atoms with Crippen LogP contribution in [0, 0.1) is 0 Å². The molecule has 2 aromatic rings. The number of ether oxygens (including phenoxy) is 2. The highest BCUT2D eigenvalue weighted by molar-refractivity contribution is 5.81. The van der Waals surface area contributed by atoms with Crippen LogP contribution in [-0.4, -0.2) is 38.5 Å². The molecule has 0 aromatic carbocycles. The topological polar surface area (TPSA) is 88.1 Å². The molecule has 2 atom stereocenters. The predicted molar refractivity (Wildman–Crippen MR) is 73.9 cm³/mol. The summed E-state index contributed by atoms with van der Waals surface area (Å²) in [5, 5.41) is 0. The molecule has 7 heteroatoms. The first-order chi connectivity index (χ1) is 9.74. The van der Waals surface area contributed by atoms with Crippen LogP contribution < -0.4 is 5.73 Å². The lowest BCUT2D eigenvalue weighted by atomic mass is 10.2. The highest BCUT2D eigenvalue weighted by atomic mass is 16.7. The summed E-state index contributed by atoms with van der Waals surface area (Å²) in [6.07, 6.45) is 6.35. The maximum absolute atomic E-state index is 5.90. The Kier molecular flexibility index (Phi) is 3.79. The van der Waals surface area contributed by atoms with E-state index in [1.165, 1.54) is 6.33 Å². The second-order valence-electron chi connectivity index (χ2n) is 5.07. The standard InChI is InChI=1S/C13H19N5O2/c1-9(20-10-4-2-3-5-19-10)6-18-8-17-11-12(14)15-7-16-13(11)18/h7-10H,2-6H2,1H3,(H2,14,15,16). The van der Waals surface area contributed by atoms with E-state index < -0.39 is 0 Å². The summed E-state index contributed by atoms with van der Waals surface area (Å²) in [5.41, 5.74) is 7.14. The minimum Gasteiger partial charge on any atom is -0.382 e. The van der Waals surface area contributed by atoms with Gasteiger partial charge in [-0.1, -0.05) is 0 Å². The van der Waals surface area contributed by atoms with Gasteiger partial charge in [-0.05, 0) is 26.2 Å². The van der Waals surface area contributed by atoms with E-state index in [2.05, 4.69) is 15.0 Å². The summed E-state index contributed by atoms with van der Waals surface area (Å²) in [7, 11) is 0. The van der Waals surface area contributed by atoms with E-state index in [1.54, 1.807) is 6.33 Å². The third kappa shape index (κ3) is 2.73. The van der Waals surface area contributed by atoms with Crippen molar-refractivity contribution in [1.82, 2.24) is 19.5 Å². The van der Waals surface area contributed by atoms with E-state index in [0.29, 0.717) is 17.9 Å². The molecule has 1 aliphatic rings. The zero-order valence-electron chi connectivity index (χ0n) is 11.5. The first-order valence-electron chi connectivity index (χ1n) is 6.92. The second-order valence-corrected chi connectivity index (χ2v) is 5.07. The number of rotatable bonds is 4. The van der Waals surface area contributed by atoms with Crippen molar-refractivity contribution >= 4 is 17.0 Å². The molecule has 2 unspecified atom stereocenters. The van der Waals surface area contributed by atoms with E-state index >= 15 is 0 Å². The van der Waals surface area contributed by atoms with E-state index in [9.17, 15) is 0 Å². The van der Waals surface area contributed by atoms with Gasteiger partial charge in [0.25, 0.3) is 0 Å². The molecule has 0 spiro atoms. The fourth-order valence-corrected chi connectivity index (χ4v) is 2.43. The quantitative estimate of drug-likeness (QED) is 0.907. The minimum absolute atomic E-state index is 0.0201. The Morgan fingerprint density at radius 1 is 1.45 bits per heavy atom. The van der Waals surface area contributed by atoms with Gasteiger partial charge in [-0.25, -0.2) is 15.0 Å². The molecule has 1 aliphatic heterocycles. The Hall–Kier alpha value is -1.73. The molecular weight excluding hydrogens is 258 g/mol. The monoisotopic (exact) mass is 277 g/mol. The zero-order valence-corrected chi connectivity index (χ0v) is 11.5. The number of hydrogen-bond acceptors (Lipinski definition) is 6. The first-order valence-corrected chi connectivity index (χ1v) is 6.92. The van der Waals surface area contributed by atoms with Crippen LogP contribution in [0.1, 0.15) is 26.2 Å². The molecule has 7 nitrogen and oxygen atoms in total. The number of fused-ring (bicyclic) bond motifs is 1. The Morgan fingerprint density at radius 3 is 3.15 bits per heavy atom. The molecular formula is C13H19N5O2. The number of nitrogens with two attached hydrogens (primary N) is 1. The normalized spacial score (nSPS) is 21.1. The van der Waals surface area contributed by atoms with Gasteiger partial charge in [-0.15, -0.1) is 0 Å². The van der Waals surface area contributed by atoms with Crippen LogP contribution in [0.3, 0.4) is 0 Å². The van der Waals surface area contributed by atoms with Crippen LogP contribution in [-0.2, 0) is 16.0 Å². The summed E-state index contributed by atoms with van der Waals surface area (Å²) in [6, 6.07) is 0. The summed E-state index contributed by atoms with van der Waals surface area (Å²) in [6.45, 7) is 3.47. The maximum Gasteiger partial charge on any atom is 0.165 e. The largest absolute Gasteiger partial charge is 0.382 e. The van der Waals surface area contributed by atoms with Gasteiger partial charge >= 0.3 is 0 Å². The molecule has 0 radical (unpaired) electrons. The average Bonchev–Trinajstić information content (AvgIpc) is 2.84. The molecule has 0 amide bonds. The summed E-state index contributed by atoms with van der Waals surface area (Å²) < 4.78 is 13.4. The number of nitrogen functional groups attached to an aromatic ring is 1. The van der Waals surface area contributed by atoms with Gasteiger partial charge in [0.05, 0.1) is 19.0 Å². The average molecular weight is 277 g/mol. The third-order valence-corrected chi connectivity index (χ3v) is 3.41. The van der Waals surface area contributed by atoms with Gasteiger partial charge in [0, 0.05) is 6.61 Å². The lowest BCUT2D eigenvalue weighted by Crippen LogP contribution is -2.28. The number of anilines is 1. The number of imidazole rings is 1. The van der Waals surface area contributed by atoms with Crippen molar-refractivity contribution in [2.24, 2.45) is 0 Å². The Labute approximate surface area is 117 Å². The lowest BCUT2D eigenvalue weighted by molar-refractivity contribution is -0.186. The molecule has 1 saturated heterocycles. The van der Waals surface area contributed by atoms with E-state index in [1.807, 2.05) is 11.5 Å². The van der Waals surface area contributed by atoms with Gasteiger partial charge in [0.15, 0.2) is 17.8 Å². The Morgan fingerprint density at radius 2 is 2.35 bits per heavy atom. The summed E-state index contributed by atoms with van der Waals surface area (Å²) in [4.78, 5) is 12.4. The molecule has 3 rings (SSSR count). The Bertz CT molecular complexity index is 579. The van der Waals surface area contributed by atoms with Crippen LogP contribution in [0.2, 0.25) is 0 Å².